The first-order valence-electron chi connectivity index (χ1n) is 15.5. The Hall–Kier alpha value is -5.10. The average Bonchev–Trinajstić information content (AvgIpc) is 3.16. The molecule has 0 saturated carbocycles. The Bertz CT molecular complexity index is 1820. The summed E-state index contributed by atoms with van der Waals surface area (Å²) < 4.78 is 21.6. The van der Waals surface area contributed by atoms with E-state index in [1.807, 2.05) is 18.2 Å². The molecule has 6 N–H and O–H groups in total. The molecular formula is C34H38BBrN8O6. The minimum atomic E-state index is -1.53. The summed E-state index contributed by atoms with van der Waals surface area (Å²) in [4.78, 5) is 16.4. The number of nitrogen functional groups attached to an aromatic ring is 2. The monoisotopic (exact) mass is 744 g/mol. The van der Waals surface area contributed by atoms with Crippen LogP contribution in [-0.2, 0) is 9.47 Å². The molecule has 4 aromatic rings. The molecule has 50 heavy (non-hydrogen) atoms. The highest BCUT2D eigenvalue weighted by Crippen LogP contribution is 2.32. The second-order valence-electron chi connectivity index (χ2n) is 10.8. The summed E-state index contributed by atoms with van der Waals surface area (Å²) in [6, 6.07) is 15.6. The van der Waals surface area contributed by atoms with Crippen LogP contribution in [0, 0.1) is 17.9 Å². The Morgan fingerprint density at radius 3 is 1.94 bits per heavy atom. The molecule has 0 aliphatic carbocycles. The van der Waals surface area contributed by atoms with Gasteiger partial charge in [-0.25, -0.2) is 14.8 Å². The van der Waals surface area contributed by atoms with Crippen LogP contribution in [0.3, 0.4) is 0 Å². The van der Waals surface area contributed by atoms with Crippen LogP contribution in [0.1, 0.15) is 5.56 Å². The fraction of sp³-hybridized carbons (Fsp3) is 0.294. The van der Waals surface area contributed by atoms with Crippen molar-refractivity contribution < 1.29 is 29.0 Å². The summed E-state index contributed by atoms with van der Waals surface area (Å²) in [7, 11) is 1.44. The molecule has 2 aromatic heterocycles. The number of anilines is 4. The molecule has 0 unspecified atom stereocenters. The first kappa shape index (κ1) is 37.7. The zero-order valence-electron chi connectivity index (χ0n) is 27.8. The maximum Gasteiger partial charge on any atom is 0.488 e. The molecule has 2 fully saturated rings. The van der Waals surface area contributed by atoms with Gasteiger partial charge >= 0.3 is 7.12 Å². The number of nitriles is 1. The van der Waals surface area contributed by atoms with Crippen LogP contribution in [0.2, 0.25) is 0 Å². The number of nitrogens with two attached hydrogens (primary N) is 2. The van der Waals surface area contributed by atoms with E-state index < -0.39 is 7.12 Å². The molecule has 0 radical (unpaired) electrons. The fourth-order valence-corrected chi connectivity index (χ4v) is 5.19. The van der Waals surface area contributed by atoms with Crippen molar-refractivity contribution in [3.63, 3.8) is 0 Å². The minimum Gasteiger partial charge on any atom is -0.508 e. The van der Waals surface area contributed by atoms with Crippen LogP contribution in [-0.4, -0.2) is 94.0 Å². The van der Waals surface area contributed by atoms with Gasteiger partial charge in [0.15, 0.2) is 0 Å². The third kappa shape index (κ3) is 9.98. The lowest BCUT2D eigenvalue weighted by atomic mass is 9.80. The summed E-state index contributed by atoms with van der Waals surface area (Å²) in [5.41, 5.74) is 16.2. The number of hydrogen-bond acceptors (Lipinski definition) is 13. The van der Waals surface area contributed by atoms with Gasteiger partial charge < -0.3 is 50.3 Å². The van der Waals surface area contributed by atoms with Crippen molar-refractivity contribution in [2.24, 2.45) is 0 Å². The van der Waals surface area contributed by atoms with E-state index in [1.54, 1.807) is 31.6 Å². The van der Waals surface area contributed by atoms with Crippen molar-refractivity contribution in [3.8, 4) is 28.7 Å². The van der Waals surface area contributed by atoms with Crippen molar-refractivity contribution in [2.45, 2.75) is 0 Å². The van der Waals surface area contributed by atoms with Crippen molar-refractivity contribution in [1.29, 1.82) is 5.26 Å². The molecule has 2 aromatic carbocycles. The van der Waals surface area contributed by atoms with Crippen molar-refractivity contribution >= 4 is 57.2 Å². The maximum absolute atomic E-state index is 9.06. The van der Waals surface area contributed by atoms with E-state index in [0.717, 1.165) is 72.3 Å². The number of halogens is 1. The lowest BCUT2D eigenvalue weighted by Crippen LogP contribution is -2.36. The number of pyridine rings is 2. The quantitative estimate of drug-likeness (QED) is 0.167. The summed E-state index contributed by atoms with van der Waals surface area (Å²) in [6.45, 7) is 13.1. The number of methoxy groups -OCH3 is 2. The van der Waals surface area contributed by atoms with E-state index in [4.69, 9.17) is 52.3 Å². The van der Waals surface area contributed by atoms with Gasteiger partial charge in [0.1, 0.15) is 29.2 Å². The number of morpholine rings is 2. The van der Waals surface area contributed by atoms with Crippen LogP contribution in [0.25, 0.3) is 16.0 Å². The predicted molar refractivity (Wildman–Crippen MR) is 197 cm³/mol. The molecule has 16 heteroatoms. The van der Waals surface area contributed by atoms with Gasteiger partial charge in [-0.15, -0.1) is 0 Å². The normalized spacial score (nSPS) is 13.7. The molecule has 2 aliphatic rings. The molecule has 0 atom stereocenters. The number of rotatable bonds is 6. The molecule has 4 heterocycles. The Labute approximate surface area is 299 Å². The van der Waals surface area contributed by atoms with E-state index >= 15 is 0 Å². The molecule has 6 rings (SSSR count). The summed E-state index contributed by atoms with van der Waals surface area (Å²) in [5.74, 6) is 2.66. The predicted octanol–water partition coefficient (Wildman–Crippen LogP) is 3.24. The van der Waals surface area contributed by atoms with Crippen molar-refractivity contribution in [2.75, 3.05) is 88.1 Å². The lowest BCUT2D eigenvalue weighted by Gasteiger charge is -2.28. The highest BCUT2D eigenvalue weighted by atomic mass is 79.9. The first-order chi connectivity index (χ1) is 24.2. The number of nitrogens with zero attached hydrogens (tertiary/aromatic N) is 6. The zero-order valence-corrected chi connectivity index (χ0v) is 29.3. The topological polar surface area (TPSA) is 190 Å². The van der Waals surface area contributed by atoms with E-state index in [2.05, 4.69) is 46.6 Å². The molecular weight excluding hydrogens is 707 g/mol. The van der Waals surface area contributed by atoms with E-state index in [0.29, 0.717) is 47.1 Å². The van der Waals surface area contributed by atoms with Crippen LogP contribution >= 0.6 is 15.9 Å². The van der Waals surface area contributed by atoms with E-state index in [-0.39, 0.29) is 0 Å². The van der Waals surface area contributed by atoms with Gasteiger partial charge in [0.05, 0.1) is 62.9 Å². The van der Waals surface area contributed by atoms with Crippen LogP contribution < -0.4 is 36.2 Å². The average molecular weight is 745 g/mol. The van der Waals surface area contributed by atoms with Gasteiger partial charge in [0, 0.05) is 62.0 Å². The summed E-state index contributed by atoms with van der Waals surface area (Å²) in [6.07, 6.45) is 3.50. The van der Waals surface area contributed by atoms with Gasteiger partial charge in [0.25, 0.3) is 0 Å². The van der Waals surface area contributed by atoms with Gasteiger partial charge in [-0.05, 0) is 45.2 Å². The summed E-state index contributed by atoms with van der Waals surface area (Å²) >= 11 is 3.32. The SMILES string of the molecule is COc1cc(-c2cnc(N3CCOCC3)cc2N)ccc1C#N.Nc1cc(N2CCOCC2)ncc1Br.[C-]#[N+]c1ccc(B(O)O)cc1OC. The van der Waals surface area contributed by atoms with Crippen LogP contribution in [0.15, 0.2) is 65.4 Å². The standard InChI is InChI=1S/C17H18N4O2.C9H12BrN3O.C8H8BNO3/c1-22-16-8-12(2-3-13(16)10-18)14-11-20-17(9-15(14)19)21-4-6-23-7-5-21;10-7-6-12-9(5-8(7)11)13-1-3-14-4-2-13;1-10-7-4-3-6(9(11)12)5-8(7)13-2/h2-3,8-9,11H,4-7H2,1H3,(H2,19,20);5-6H,1-4H2,(H2,11,12);3-5,11-12H,2H3. The highest BCUT2D eigenvalue weighted by molar-refractivity contribution is 9.10. The number of benzene rings is 2. The van der Waals surface area contributed by atoms with Crippen molar-refractivity contribution in [1.82, 2.24) is 9.97 Å². The van der Waals surface area contributed by atoms with E-state index in [1.165, 1.54) is 25.3 Å². The first-order valence-corrected chi connectivity index (χ1v) is 16.3. The molecule has 0 amide bonds. The largest absolute Gasteiger partial charge is 0.508 e. The Morgan fingerprint density at radius 1 is 0.860 bits per heavy atom. The second kappa shape index (κ2) is 18.6. The highest BCUT2D eigenvalue weighted by Gasteiger charge is 2.16. The zero-order chi connectivity index (χ0) is 36.0. The Morgan fingerprint density at radius 2 is 1.44 bits per heavy atom. The van der Waals surface area contributed by atoms with Gasteiger partial charge in [-0.3, -0.25) is 0 Å². The van der Waals surface area contributed by atoms with Gasteiger partial charge in [-0.2, -0.15) is 5.26 Å². The lowest BCUT2D eigenvalue weighted by molar-refractivity contribution is 0.122. The van der Waals surface area contributed by atoms with E-state index in [9.17, 15) is 0 Å². The molecule has 2 aliphatic heterocycles. The molecule has 2 saturated heterocycles. The molecule has 0 spiro atoms. The fourth-order valence-electron chi connectivity index (χ4n) is 4.97. The minimum absolute atomic E-state index is 0.309. The second-order valence-corrected chi connectivity index (χ2v) is 11.7. The van der Waals surface area contributed by atoms with Gasteiger partial charge in [-0.1, -0.05) is 18.2 Å². The van der Waals surface area contributed by atoms with Crippen LogP contribution in [0.5, 0.6) is 11.5 Å². The third-order valence-electron chi connectivity index (χ3n) is 7.72. The third-order valence-corrected chi connectivity index (χ3v) is 8.38. The molecule has 260 valence electrons. The molecule has 0 bridgehead atoms. The van der Waals surface area contributed by atoms with Gasteiger partial charge in [0.2, 0.25) is 5.69 Å². The maximum atomic E-state index is 9.06. The molecule has 14 nitrogen and oxygen atoms in total. The number of aromatic nitrogens is 2. The number of hydrogen-bond donors (Lipinski definition) is 4. The Balaban J connectivity index is 0.000000180. The number of ether oxygens (including phenoxy) is 4. The smallest absolute Gasteiger partial charge is 0.488 e. The summed E-state index contributed by atoms with van der Waals surface area (Å²) in [5, 5.41) is 26.7. The van der Waals surface area contributed by atoms with Crippen LogP contribution in [0.4, 0.5) is 28.7 Å². The van der Waals surface area contributed by atoms with Crippen molar-refractivity contribution in [3.05, 3.63) is 82.4 Å². The Kier molecular flexibility index (Phi) is 14.0.